The van der Waals surface area contributed by atoms with Gasteiger partial charge in [0.1, 0.15) is 5.75 Å². The van der Waals surface area contributed by atoms with Crippen molar-refractivity contribution in [3.63, 3.8) is 0 Å². The summed E-state index contributed by atoms with van der Waals surface area (Å²) in [5.74, 6) is 2.14. The lowest BCUT2D eigenvalue weighted by atomic mass is 10.1. The van der Waals surface area contributed by atoms with Gasteiger partial charge in [0.25, 0.3) is 5.91 Å². The zero-order chi connectivity index (χ0) is 15.2. The minimum Gasteiger partial charge on any atom is -0.496 e. The summed E-state index contributed by atoms with van der Waals surface area (Å²) in [5, 5.41) is 5.38. The molecule has 1 saturated heterocycles. The summed E-state index contributed by atoms with van der Waals surface area (Å²) in [6, 6.07) is 4.88. The molecular formula is C14H19N3O3S. The van der Waals surface area contributed by atoms with Crippen LogP contribution >= 0.6 is 11.8 Å². The van der Waals surface area contributed by atoms with Crippen molar-refractivity contribution in [3.05, 3.63) is 23.8 Å². The molecule has 0 radical (unpaired) electrons. The molecule has 1 fully saturated rings. The predicted octanol–water partition coefficient (Wildman–Crippen LogP) is 1.64. The van der Waals surface area contributed by atoms with Crippen molar-refractivity contribution >= 4 is 29.4 Å². The number of hydrogen-bond acceptors (Lipinski definition) is 4. The fourth-order valence-corrected chi connectivity index (χ4v) is 2.97. The van der Waals surface area contributed by atoms with Gasteiger partial charge in [0, 0.05) is 37.3 Å². The second kappa shape index (κ2) is 7.21. The van der Waals surface area contributed by atoms with Crippen LogP contribution in [0.15, 0.2) is 18.2 Å². The molecule has 1 aliphatic heterocycles. The first-order valence-electron chi connectivity index (χ1n) is 6.69. The van der Waals surface area contributed by atoms with Crippen LogP contribution in [0.4, 0.5) is 10.5 Å². The minimum atomic E-state index is -0.252. The van der Waals surface area contributed by atoms with E-state index in [0.717, 1.165) is 24.6 Å². The van der Waals surface area contributed by atoms with Crippen LogP contribution in [0.25, 0.3) is 0 Å². The van der Waals surface area contributed by atoms with E-state index in [1.165, 1.54) is 7.11 Å². The molecule has 0 atom stereocenters. The van der Waals surface area contributed by atoms with Crippen LogP contribution in [0, 0.1) is 0 Å². The topological polar surface area (TPSA) is 70.7 Å². The average Bonchev–Trinajstić information content (AvgIpc) is 2.54. The van der Waals surface area contributed by atoms with E-state index in [1.54, 1.807) is 30.1 Å². The molecule has 0 spiro atoms. The highest BCUT2D eigenvalue weighted by atomic mass is 32.2. The van der Waals surface area contributed by atoms with Crippen LogP contribution in [0.3, 0.4) is 0 Å². The van der Waals surface area contributed by atoms with E-state index < -0.39 is 0 Å². The first-order valence-corrected chi connectivity index (χ1v) is 7.85. The van der Waals surface area contributed by atoms with Gasteiger partial charge in [0.05, 0.1) is 12.7 Å². The van der Waals surface area contributed by atoms with Crippen LogP contribution in [-0.2, 0) is 0 Å². The molecule has 3 amide bonds. The maximum Gasteiger partial charge on any atom is 0.321 e. The van der Waals surface area contributed by atoms with Gasteiger partial charge >= 0.3 is 6.03 Å². The summed E-state index contributed by atoms with van der Waals surface area (Å²) in [4.78, 5) is 25.7. The van der Waals surface area contributed by atoms with Gasteiger partial charge < -0.3 is 20.3 Å². The molecule has 1 aromatic rings. The van der Waals surface area contributed by atoms with Gasteiger partial charge in [0.2, 0.25) is 0 Å². The molecule has 0 aliphatic carbocycles. The van der Waals surface area contributed by atoms with Gasteiger partial charge in [-0.25, -0.2) is 4.79 Å². The molecule has 1 aromatic carbocycles. The second-order valence-electron chi connectivity index (χ2n) is 4.52. The second-order valence-corrected chi connectivity index (χ2v) is 5.75. The van der Waals surface area contributed by atoms with Crippen molar-refractivity contribution in [1.82, 2.24) is 10.2 Å². The maximum absolute atomic E-state index is 12.1. The summed E-state index contributed by atoms with van der Waals surface area (Å²) in [7, 11) is 3.06. The van der Waals surface area contributed by atoms with Gasteiger partial charge in [-0.2, -0.15) is 11.8 Å². The van der Waals surface area contributed by atoms with Gasteiger partial charge in [-0.15, -0.1) is 0 Å². The van der Waals surface area contributed by atoms with E-state index in [1.807, 2.05) is 11.8 Å². The number of hydrogen-bond donors (Lipinski definition) is 2. The quantitative estimate of drug-likeness (QED) is 0.890. The Labute approximate surface area is 128 Å². The van der Waals surface area contributed by atoms with E-state index in [2.05, 4.69) is 10.6 Å². The van der Waals surface area contributed by atoms with E-state index in [0.29, 0.717) is 17.0 Å². The molecule has 0 unspecified atom stereocenters. The van der Waals surface area contributed by atoms with Crippen molar-refractivity contribution < 1.29 is 14.3 Å². The third kappa shape index (κ3) is 3.81. The molecule has 21 heavy (non-hydrogen) atoms. The molecule has 114 valence electrons. The number of rotatable bonds is 3. The Hall–Kier alpha value is -1.89. The number of benzene rings is 1. The van der Waals surface area contributed by atoms with E-state index in [4.69, 9.17) is 4.74 Å². The number of nitrogens with one attached hydrogen (secondary N) is 2. The van der Waals surface area contributed by atoms with E-state index >= 15 is 0 Å². The van der Waals surface area contributed by atoms with Gasteiger partial charge in [-0.1, -0.05) is 0 Å². The third-order valence-corrected chi connectivity index (χ3v) is 4.16. The number of urea groups is 1. The van der Waals surface area contributed by atoms with Crippen LogP contribution in [0.1, 0.15) is 10.4 Å². The fraction of sp³-hybridized carbons (Fsp3) is 0.429. The number of amides is 3. The number of anilines is 1. The Bertz CT molecular complexity index is 530. The zero-order valence-electron chi connectivity index (χ0n) is 12.1. The molecule has 2 rings (SSSR count). The average molecular weight is 309 g/mol. The van der Waals surface area contributed by atoms with Crippen LogP contribution in [0.5, 0.6) is 5.75 Å². The van der Waals surface area contributed by atoms with Crippen molar-refractivity contribution in [2.24, 2.45) is 0 Å². The predicted molar refractivity (Wildman–Crippen MR) is 84.3 cm³/mol. The Kier molecular flexibility index (Phi) is 5.32. The molecule has 2 N–H and O–H groups in total. The number of carbonyl (C=O) groups is 2. The molecule has 0 aromatic heterocycles. The van der Waals surface area contributed by atoms with Gasteiger partial charge in [-0.3, -0.25) is 4.79 Å². The Balaban J connectivity index is 2.12. The summed E-state index contributed by atoms with van der Waals surface area (Å²) in [6.45, 7) is 1.49. The molecule has 0 bridgehead atoms. The maximum atomic E-state index is 12.1. The molecule has 0 saturated carbocycles. The van der Waals surface area contributed by atoms with Crippen molar-refractivity contribution in [3.8, 4) is 5.75 Å². The monoisotopic (exact) mass is 309 g/mol. The molecular weight excluding hydrogens is 290 g/mol. The smallest absolute Gasteiger partial charge is 0.321 e. The molecule has 6 nitrogen and oxygen atoms in total. The first kappa shape index (κ1) is 15.5. The van der Waals surface area contributed by atoms with Gasteiger partial charge in [-0.05, 0) is 18.2 Å². The Morgan fingerprint density at radius 1 is 1.29 bits per heavy atom. The zero-order valence-corrected chi connectivity index (χ0v) is 13.0. The number of carbonyl (C=O) groups excluding carboxylic acids is 2. The summed E-state index contributed by atoms with van der Waals surface area (Å²) in [5.41, 5.74) is 0.977. The SMILES string of the molecule is CNC(=O)c1cc(NC(=O)N2CCSCC2)ccc1OC. The number of methoxy groups -OCH3 is 1. The highest BCUT2D eigenvalue weighted by Crippen LogP contribution is 2.23. The van der Waals surface area contributed by atoms with Crippen LogP contribution in [0.2, 0.25) is 0 Å². The lowest BCUT2D eigenvalue weighted by Gasteiger charge is -2.26. The Morgan fingerprint density at radius 2 is 2.00 bits per heavy atom. The van der Waals surface area contributed by atoms with Crippen LogP contribution < -0.4 is 15.4 Å². The minimum absolute atomic E-state index is 0.136. The highest BCUT2D eigenvalue weighted by Gasteiger charge is 2.18. The van der Waals surface area contributed by atoms with Crippen molar-refractivity contribution in [1.29, 1.82) is 0 Å². The number of ether oxygens (including phenoxy) is 1. The largest absolute Gasteiger partial charge is 0.496 e. The number of thioether (sulfide) groups is 1. The van der Waals surface area contributed by atoms with Crippen molar-refractivity contribution in [2.75, 3.05) is 44.1 Å². The van der Waals surface area contributed by atoms with E-state index in [-0.39, 0.29) is 11.9 Å². The summed E-state index contributed by atoms with van der Waals surface area (Å²) in [6.07, 6.45) is 0. The molecule has 7 heteroatoms. The number of nitrogens with zero attached hydrogens (tertiary/aromatic N) is 1. The first-order chi connectivity index (χ1) is 10.2. The molecule has 1 heterocycles. The Morgan fingerprint density at radius 3 is 2.62 bits per heavy atom. The van der Waals surface area contributed by atoms with E-state index in [9.17, 15) is 9.59 Å². The summed E-state index contributed by atoms with van der Waals surface area (Å²) >= 11 is 1.85. The third-order valence-electron chi connectivity index (χ3n) is 3.22. The van der Waals surface area contributed by atoms with Crippen molar-refractivity contribution in [2.45, 2.75) is 0 Å². The lowest BCUT2D eigenvalue weighted by Crippen LogP contribution is -2.40. The normalized spacial score (nSPS) is 14.5. The van der Waals surface area contributed by atoms with Crippen LogP contribution in [-0.4, -0.2) is 55.6 Å². The fourth-order valence-electron chi connectivity index (χ4n) is 2.07. The highest BCUT2D eigenvalue weighted by molar-refractivity contribution is 7.99. The standard InChI is InChI=1S/C14H19N3O3S/c1-15-13(18)11-9-10(3-4-12(11)20-2)16-14(19)17-5-7-21-8-6-17/h3-4,9H,5-8H2,1-2H3,(H,15,18)(H,16,19). The lowest BCUT2D eigenvalue weighted by molar-refractivity contribution is 0.0960. The van der Waals surface area contributed by atoms with Gasteiger partial charge in [0.15, 0.2) is 0 Å². The molecule has 1 aliphatic rings. The summed E-state index contributed by atoms with van der Waals surface area (Å²) < 4.78 is 5.16.